The molecule has 5 aromatic rings. The normalized spacial score (nSPS) is 13.7. The molecule has 2 N–H and O–H groups in total. The summed E-state index contributed by atoms with van der Waals surface area (Å²) in [5, 5.41) is 5.42. The SMILES string of the molecule is Cn1cc(-c2cc3ncccc3c(C#CC3CCN(C(=O)c4ccc(-c5cc(N)ncc5Cl)c(F)c4)CC3)n2)cn1. The highest BCUT2D eigenvalue weighted by atomic mass is 35.5. The van der Waals surface area contributed by atoms with E-state index in [-0.39, 0.29) is 33.8 Å². The summed E-state index contributed by atoms with van der Waals surface area (Å²) in [4.78, 5) is 28.1. The van der Waals surface area contributed by atoms with Gasteiger partial charge in [0.05, 0.1) is 22.4 Å². The predicted octanol–water partition coefficient (Wildman–Crippen LogP) is 5.37. The van der Waals surface area contributed by atoms with E-state index in [1.54, 1.807) is 34.1 Å². The number of benzene rings is 1. The molecule has 6 rings (SSSR count). The smallest absolute Gasteiger partial charge is 0.253 e. The van der Waals surface area contributed by atoms with Crippen LogP contribution in [0.25, 0.3) is 33.3 Å². The first kappa shape index (κ1) is 26.4. The summed E-state index contributed by atoms with van der Waals surface area (Å²) in [7, 11) is 1.86. The van der Waals surface area contributed by atoms with Crippen molar-refractivity contribution in [1.29, 1.82) is 0 Å². The van der Waals surface area contributed by atoms with Crippen LogP contribution >= 0.6 is 11.6 Å². The molecular formula is C31H25ClFN7O. The number of carbonyl (C=O) groups excluding carboxylic acids is 1. The zero-order valence-corrected chi connectivity index (χ0v) is 22.9. The summed E-state index contributed by atoms with van der Waals surface area (Å²) < 4.78 is 16.8. The van der Waals surface area contributed by atoms with Crippen LogP contribution in [-0.2, 0) is 7.05 Å². The third-order valence-corrected chi connectivity index (χ3v) is 7.46. The number of pyridine rings is 3. The van der Waals surface area contributed by atoms with Crippen molar-refractivity contribution in [3.05, 3.63) is 89.3 Å². The van der Waals surface area contributed by atoms with E-state index in [9.17, 15) is 4.79 Å². The number of carbonyl (C=O) groups is 1. The van der Waals surface area contributed by atoms with Gasteiger partial charge in [0.2, 0.25) is 0 Å². The summed E-state index contributed by atoms with van der Waals surface area (Å²) in [6.45, 7) is 1.06. The molecule has 4 aromatic heterocycles. The van der Waals surface area contributed by atoms with Gasteiger partial charge in [0.25, 0.3) is 5.91 Å². The molecule has 1 aliphatic heterocycles. The van der Waals surface area contributed by atoms with Gasteiger partial charge >= 0.3 is 0 Å². The minimum Gasteiger partial charge on any atom is -0.384 e. The molecule has 0 atom stereocenters. The Kier molecular flexibility index (Phi) is 7.08. The van der Waals surface area contributed by atoms with Gasteiger partial charge in [-0.15, -0.1) is 0 Å². The van der Waals surface area contributed by atoms with Crippen LogP contribution in [0.4, 0.5) is 10.2 Å². The number of nitrogens with two attached hydrogens (primary N) is 1. The molecular weight excluding hydrogens is 541 g/mol. The Labute approximate surface area is 241 Å². The first-order valence-corrected chi connectivity index (χ1v) is 13.5. The van der Waals surface area contributed by atoms with Crippen molar-refractivity contribution < 1.29 is 9.18 Å². The van der Waals surface area contributed by atoms with Gasteiger partial charge < -0.3 is 10.6 Å². The first-order valence-electron chi connectivity index (χ1n) is 13.1. The summed E-state index contributed by atoms with van der Waals surface area (Å²) in [6, 6.07) is 11.7. The standard InChI is InChI=1S/C31H25ClFN7O/c1-39-18-21(16-37-39)28-15-29-23(3-2-10-35-29)27(38-28)7-4-19-8-11-40(12-9-19)31(41)20-5-6-22(26(33)13-20)24-14-30(34)36-17-25(24)32/h2-3,5-6,10,13-19H,8-9,11-12H2,1H3,(H2,34,36). The maximum absolute atomic E-state index is 15.0. The Morgan fingerprint density at radius 3 is 2.68 bits per heavy atom. The maximum atomic E-state index is 15.0. The Bertz CT molecular complexity index is 1850. The first-order chi connectivity index (χ1) is 19.9. The average molecular weight is 566 g/mol. The highest BCUT2D eigenvalue weighted by molar-refractivity contribution is 6.33. The number of hydrogen-bond acceptors (Lipinski definition) is 6. The number of likely N-dealkylation sites (tertiary alicyclic amines) is 1. The molecule has 5 heterocycles. The minimum atomic E-state index is -0.549. The Morgan fingerprint density at radius 2 is 1.93 bits per heavy atom. The van der Waals surface area contributed by atoms with Crippen LogP contribution in [0.1, 0.15) is 28.9 Å². The second-order valence-electron chi connectivity index (χ2n) is 9.95. The van der Waals surface area contributed by atoms with Crippen molar-refractivity contribution in [3.63, 3.8) is 0 Å². The molecule has 1 aliphatic rings. The fourth-order valence-electron chi connectivity index (χ4n) is 4.98. The second-order valence-corrected chi connectivity index (χ2v) is 10.4. The number of aromatic nitrogens is 5. The van der Waals surface area contributed by atoms with Crippen LogP contribution < -0.4 is 5.73 Å². The highest BCUT2D eigenvalue weighted by Gasteiger charge is 2.24. The lowest BCUT2D eigenvalue weighted by Crippen LogP contribution is -2.38. The number of hydrogen-bond donors (Lipinski definition) is 1. The predicted molar refractivity (Wildman–Crippen MR) is 156 cm³/mol. The van der Waals surface area contributed by atoms with E-state index >= 15 is 4.39 Å². The van der Waals surface area contributed by atoms with Crippen LogP contribution in [0.3, 0.4) is 0 Å². The topological polar surface area (TPSA) is 103 Å². The summed E-state index contributed by atoms with van der Waals surface area (Å²) >= 11 is 6.19. The molecule has 0 spiro atoms. The number of amides is 1. The van der Waals surface area contributed by atoms with Crippen LogP contribution in [0, 0.1) is 23.6 Å². The Balaban J connectivity index is 1.16. The second kappa shape index (κ2) is 11.0. The number of piperidine rings is 1. The van der Waals surface area contributed by atoms with Crippen LogP contribution in [0.15, 0.2) is 67.3 Å². The number of anilines is 1. The molecule has 0 bridgehead atoms. The van der Waals surface area contributed by atoms with Crippen LogP contribution in [0.5, 0.6) is 0 Å². The number of nitrogen functional groups attached to an aromatic ring is 1. The molecule has 10 heteroatoms. The number of nitrogens with zero attached hydrogens (tertiary/aromatic N) is 6. The van der Waals surface area contributed by atoms with Gasteiger partial charge in [-0.1, -0.05) is 23.6 Å². The molecule has 1 fully saturated rings. The quantitative estimate of drug-likeness (QED) is 0.295. The van der Waals surface area contributed by atoms with Crippen molar-refractivity contribution in [1.82, 2.24) is 29.6 Å². The van der Waals surface area contributed by atoms with Gasteiger partial charge in [-0.25, -0.2) is 14.4 Å². The van der Waals surface area contributed by atoms with Crippen molar-refractivity contribution in [2.45, 2.75) is 12.8 Å². The highest BCUT2D eigenvalue weighted by Crippen LogP contribution is 2.31. The maximum Gasteiger partial charge on any atom is 0.253 e. The van der Waals surface area contributed by atoms with Crippen molar-refractivity contribution in [3.8, 4) is 34.2 Å². The summed E-state index contributed by atoms with van der Waals surface area (Å²) in [5.41, 5.74) is 9.86. The number of fused-ring (bicyclic) bond motifs is 1. The molecule has 8 nitrogen and oxygen atoms in total. The summed E-state index contributed by atoms with van der Waals surface area (Å²) in [6.07, 6.45) is 8.23. The van der Waals surface area contributed by atoms with E-state index in [1.807, 2.05) is 31.4 Å². The van der Waals surface area contributed by atoms with E-state index in [1.165, 1.54) is 18.3 Å². The van der Waals surface area contributed by atoms with Gasteiger partial charge in [0.15, 0.2) is 0 Å². The molecule has 0 saturated carbocycles. The fraction of sp³-hybridized carbons (Fsp3) is 0.194. The van der Waals surface area contributed by atoms with Gasteiger partial charge in [0.1, 0.15) is 17.3 Å². The molecule has 41 heavy (non-hydrogen) atoms. The molecule has 1 saturated heterocycles. The number of rotatable bonds is 3. The van der Waals surface area contributed by atoms with Gasteiger partial charge in [-0.05, 0) is 55.2 Å². The molecule has 0 radical (unpaired) electrons. The van der Waals surface area contributed by atoms with Crippen LogP contribution in [-0.4, -0.2) is 48.6 Å². The van der Waals surface area contributed by atoms with Gasteiger partial charge in [0, 0.05) is 72.3 Å². The lowest BCUT2D eigenvalue weighted by Gasteiger charge is -2.30. The van der Waals surface area contributed by atoms with Crippen molar-refractivity contribution in [2.24, 2.45) is 13.0 Å². The molecule has 204 valence electrons. The molecule has 1 amide bonds. The fourth-order valence-corrected chi connectivity index (χ4v) is 5.18. The van der Waals surface area contributed by atoms with Gasteiger partial charge in [-0.3, -0.25) is 14.5 Å². The lowest BCUT2D eigenvalue weighted by molar-refractivity contribution is 0.0707. The Hall–Kier alpha value is -4.81. The van der Waals surface area contributed by atoms with E-state index in [2.05, 4.69) is 26.9 Å². The number of halogens is 2. The third-order valence-electron chi connectivity index (χ3n) is 7.16. The van der Waals surface area contributed by atoms with E-state index in [0.717, 1.165) is 22.2 Å². The van der Waals surface area contributed by atoms with E-state index in [4.69, 9.17) is 22.3 Å². The lowest BCUT2D eigenvalue weighted by atomic mass is 9.96. The monoisotopic (exact) mass is 565 g/mol. The third kappa shape index (κ3) is 5.47. The number of aryl methyl sites for hydroxylation is 1. The largest absolute Gasteiger partial charge is 0.384 e. The summed E-state index contributed by atoms with van der Waals surface area (Å²) in [5.74, 6) is 6.22. The zero-order valence-electron chi connectivity index (χ0n) is 22.2. The minimum absolute atomic E-state index is 0.105. The molecule has 1 aromatic carbocycles. The Morgan fingerprint density at radius 1 is 1.10 bits per heavy atom. The zero-order chi connectivity index (χ0) is 28.5. The van der Waals surface area contributed by atoms with Crippen LogP contribution in [0.2, 0.25) is 5.02 Å². The average Bonchev–Trinajstić information content (AvgIpc) is 3.43. The van der Waals surface area contributed by atoms with E-state index in [0.29, 0.717) is 37.2 Å². The van der Waals surface area contributed by atoms with E-state index < -0.39 is 5.82 Å². The van der Waals surface area contributed by atoms with Gasteiger partial charge in [-0.2, -0.15) is 5.10 Å². The van der Waals surface area contributed by atoms with Crippen molar-refractivity contribution in [2.75, 3.05) is 18.8 Å². The molecule has 0 unspecified atom stereocenters. The van der Waals surface area contributed by atoms with Crippen molar-refractivity contribution >= 4 is 34.2 Å². The molecule has 0 aliphatic carbocycles.